The lowest BCUT2D eigenvalue weighted by molar-refractivity contribution is 0.0953. The van der Waals surface area contributed by atoms with E-state index in [4.69, 9.17) is 0 Å². The second-order valence-electron chi connectivity index (χ2n) is 6.69. The molecule has 1 aromatic heterocycles. The van der Waals surface area contributed by atoms with Gasteiger partial charge in [0.25, 0.3) is 5.91 Å². The SMILES string of the molecule is Cc1cc(C(=O)NCCCN2CCCCCC2)c2ccccc2n1. The number of rotatable bonds is 5. The van der Waals surface area contributed by atoms with E-state index in [0.717, 1.165) is 41.7 Å². The summed E-state index contributed by atoms with van der Waals surface area (Å²) in [5.74, 6) is 0.00701. The Morgan fingerprint density at radius 2 is 1.92 bits per heavy atom. The number of fused-ring (bicyclic) bond motifs is 1. The molecule has 4 nitrogen and oxygen atoms in total. The van der Waals surface area contributed by atoms with E-state index in [1.807, 2.05) is 37.3 Å². The number of para-hydroxylation sites is 1. The maximum absolute atomic E-state index is 12.6. The van der Waals surface area contributed by atoms with Crippen LogP contribution in [0.2, 0.25) is 0 Å². The highest BCUT2D eigenvalue weighted by Gasteiger charge is 2.12. The summed E-state index contributed by atoms with van der Waals surface area (Å²) in [6.45, 7) is 6.16. The minimum atomic E-state index is 0.00701. The second-order valence-corrected chi connectivity index (χ2v) is 6.69. The number of aromatic nitrogens is 1. The lowest BCUT2D eigenvalue weighted by Gasteiger charge is -2.19. The van der Waals surface area contributed by atoms with E-state index in [2.05, 4.69) is 15.2 Å². The van der Waals surface area contributed by atoms with Gasteiger partial charge in [0, 0.05) is 17.6 Å². The maximum atomic E-state index is 12.6. The molecule has 4 heteroatoms. The van der Waals surface area contributed by atoms with Crippen molar-refractivity contribution in [1.82, 2.24) is 15.2 Å². The first-order valence-corrected chi connectivity index (χ1v) is 9.11. The molecule has 0 spiro atoms. The number of hydrogen-bond acceptors (Lipinski definition) is 3. The van der Waals surface area contributed by atoms with Gasteiger partial charge in [0.2, 0.25) is 0 Å². The molecule has 1 aliphatic rings. The molecule has 128 valence electrons. The number of hydrogen-bond donors (Lipinski definition) is 1. The molecule has 1 fully saturated rings. The number of carbonyl (C=O) groups is 1. The average molecular weight is 325 g/mol. The average Bonchev–Trinajstić information content (AvgIpc) is 2.86. The van der Waals surface area contributed by atoms with Gasteiger partial charge in [-0.3, -0.25) is 9.78 Å². The van der Waals surface area contributed by atoms with Crippen LogP contribution in [0.15, 0.2) is 30.3 Å². The highest BCUT2D eigenvalue weighted by atomic mass is 16.1. The lowest BCUT2D eigenvalue weighted by atomic mass is 10.1. The Hall–Kier alpha value is -1.94. The van der Waals surface area contributed by atoms with Crippen molar-refractivity contribution in [2.75, 3.05) is 26.2 Å². The van der Waals surface area contributed by atoms with Crippen LogP contribution in [-0.2, 0) is 0 Å². The van der Waals surface area contributed by atoms with E-state index in [1.54, 1.807) is 0 Å². The highest BCUT2D eigenvalue weighted by molar-refractivity contribution is 6.06. The summed E-state index contributed by atoms with van der Waals surface area (Å²) in [5, 5.41) is 4.00. The van der Waals surface area contributed by atoms with Crippen molar-refractivity contribution in [2.24, 2.45) is 0 Å². The number of benzene rings is 1. The third kappa shape index (κ3) is 4.32. The zero-order valence-electron chi connectivity index (χ0n) is 14.6. The van der Waals surface area contributed by atoms with Crippen molar-refractivity contribution in [3.8, 4) is 0 Å². The predicted molar refractivity (Wildman–Crippen MR) is 98.3 cm³/mol. The van der Waals surface area contributed by atoms with Crippen molar-refractivity contribution in [1.29, 1.82) is 0 Å². The molecule has 0 bridgehead atoms. The summed E-state index contributed by atoms with van der Waals surface area (Å²) in [5.41, 5.74) is 2.49. The Morgan fingerprint density at radius 3 is 2.71 bits per heavy atom. The summed E-state index contributed by atoms with van der Waals surface area (Å²) in [4.78, 5) is 19.6. The molecule has 2 heterocycles. The first-order valence-electron chi connectivity index (χ1n) is 9.11. The summed E-state index contributed by atoms with van der Waals surface area (Å²) in [6.07, 6.45) is 6.36. The molecule has 1 N–H and O–H groups in total. The van der Waals surface area contributed by atoms with Crippen LogP contribution in [0.3, 0.4) is 0 Å². The number of aryl methyl sites for hydroxylation is 1. The molecule has 0 saturated carbocycles. The van der Waals surface area contributed by atoms with Crippen LogP contribution < -0.4 is 5.32 Å². The molecule has 3 rings (SSSR count). The van der Waals surface area contributed by atoms with E-state index in [1.165, 1.54) is 38.8 Å². The molecule has 1 aliphatic heterocycles. The topological polar surface area (TPSA) is 45.2 Å². The Labute approximate surface area is 144 Å². The number of pyridine rings is 1. The van der Waals surface area contributed by atoms with Gasteiger partial charge in [0.1, 0.15) is 0 Å². The highest BCUT2D eigenvalue weighted by Crippen LogP contribution is 2.18. The number of amides is 1. The van der Waals surface area contributed by atoms with E-state index in [9.17, 15) is 4.79 Å². The van der Waals surface area contributed by atoms with Gasteiger partial charge in [-0.15, -0.1) is 0 Å². The summed E-state index contributed by atoms with van der Waals surface area (Å²) in [6, 6.07) is 9.71. The van der Waals surface area contributed by atoms with Crippen molar-refractivity contribution in [2.45, 2.75) is 39.0 Å². The smallest absolute Gasteiger partial charge is 0.252 e. The van der Waals surface area contributed by atoms with Crippen LogP contribution in [0.1, 0.15) is 48.2 Å². The van der Waals surface area contributed by atoms with Crippen LogP contribution in [0.5, 0.6) is 0 Å². The van der Waals surface area contributed by atoms with Crippen molar-refractivity contribution < 1.29 is 4.79 Å². The summed E-state index contributed by atoms with van der Waals surface area (Å²) < 4.78 is 0. The molecule has 2 aromatic rings. The van der Waals surface area contributed by atoms with Crippen LogP contribution >= 0.6 is 0 Å². The van der Waals surface area contributed by atoms with Crippen molar-refractivity contribution >= 4 is 16.8 Å². The Balaban J connectivity index is 1.55. The molecule has 1 saturated heterocycles. The fourth-order valence-electron chi connectivity index (χ4n) is 3.46. The van der Waals surface area contributed by atoms with E-state index in [0.29, 0.717) is 0 Å². The predicted octanol–water partition coefficient (Wildman–Crippen LogP) is 3.54. The van der Waals surface area contributed by atoms with Gasteiger partial charge in [-0.05, 0) is 58.0 Å². The molecular formula is C20H27N3O. The zero-order chi connectivity index (χ0) is 16.8. The Bertz CT molecular complexity index is 690. The number of nitrogens with one attached hydrogen (secondary N) is 1. The third-order valence-corrected chi connectivity index (χ3v) is 4.72. The van der Waals surface area contributed by atoms with Crippen LogP contribution in [0, 0.1) is 6.92 Å². The van der Waals surface area contributed by atoms with E-state index in [-0.39, 0.29) is 5.91 Å². The second kappa shape index (κ2) is 8.25. The van der Waals surface area contributed by atoms with Crippen LogP contribution in [0.4, 0.5) is 0 Å². The van der Waals surface area contributed by atoms with Gasteiger partial charge in [-0.25, -0.2) is 0 Å². The third-order valence-electron chi connectivity index (χ3n) is 4.72. The van der Waals surface area contributed by atoms with E-state index < -0.39 is 0 Å². The first kappa shape index (κ1) is 16.9. The number of nitrogens with zero attached hydrogens (tertiary/aromatic N) is 2. The number of carbonyl (C=O) groups excluding carboxylic acids is 1. The van der Waals surface area contributed by atoms with Gasteiger partial charge in [-0.2, -0.15) is 0 Å². The quantitative estimate of drug-likeness (QED) is 0.855. The monoisotopic (exact) mass is 325 g/mol. The zero-order valence-corrected chi connectivity index (χ0v) is 14.6. The van der Waals surface area contributed by atoms with Gasteiger partial charge < -0.3 is 10.2 Å². The molecule has 1 amide bonds. The lowest BCUT2D eigenvalue weighted by Crippen LogP contribution is -2.30. The Kier molecular flexibility index (Phi) is 5.81. The molecule has 24 heavy (non-hydrogen) atoms. The minimum Gasteiger partial charge on any atom is -0.352 e. The molecule has 0 aliphatic carbocycles. The fourth-order valence-corrected chi connectivity index (χ4v) is 3.46. The largest absolute Gasteiger partial charge is 0.352 e. The summed E-state index contributed by atoms with van der Waals surface area (Å²) in [7, 11) is 0. The van der Waals surface area contributed by atoms with Crippen molar-refractivity contribution in [3.05, 3.63) is 41.6 Å². The summed E-state index contributed by atoms with van der Waals surface area (Å²) >= 11 is 0. The molecule has 0 unspecified atom stereocenters. The number of likely N-dealkylation sites (tertiary alicyclic amines) is 1. The molecule has 0 atom stereocenters. The molecule has 0 radical (unpaired) electrons. The first-order chi connectivity index (χ1) is 11.7. The van der Waals surface area contributed by atoms with Gasteiger partial charge in [0.05, 0.1) is 11.1 Å². The fraction of sp³-hybridized carbons (Fsp3) is 0.500. The van der Waals surface area contributed by atoms with Gasteiger partial charge >= 0.3 is 0 Å². The van der Waals surface area contributed by atoms with Crippen LogP contribution in [-0.4, -0.2) is 42.0 Å². The normalized spacial score (nSPS) is 16.0. The van der Waals surface area contributed by atoms with Crippen molar-refractivity contribution in [3.63, 3.8) is 0 Å². The minimum absolute atomic E-state index is 0.00701. The van der Waals surface area contributed by atoms with Gasteiger partial charge in [-0.1, -0.05) is 31.0 Å². The van der Waals surface area contributed by atoms with E-state index >= 15 is 0 Å². The molecule has 1 aromatic carbocycles. The van der Waals surface area contributed by atoms with Gasteiger partial charge in [0.15, 0.2) is 0 Å². The maximum Gasteiger partial charge on any atom is 0.252 e. The Morgan fingerprint density at radius 1 is 1.17 bits per heavy atom. The molecular weight excluding hydrogens is 298 g/mol. The standard InChI is InChI=1S/C20H27N3O/c1-16-15-18(17-9-4-5-10-19(17)22-16)20(24)21-11-8-14-23-12-6-2-3-7-13-23/h4-5,9-10,15H,2-3,6-8,11-14H2,1H3,(H,21,24). The van der Waals surface area contributed by atoms with Crippen LogP contribution in [0.25, 0.3) is 10.9 Å².